The minimum Gasteiger partial charge on any atom is -0.330 e. The highest BCUT2D eigenvalue weighted by Gasteiger charge is 2.35. The normalized spacial score (nSPS) is 20.7. The van der Waals surface area contributed by atoms with E-state index < -0.39 is 12.0 Å². The van der Waals surface area contributed by atoms with E-state index in [1.807, 2.05) is 0 Å². The van der Waals surface area contributed by atoms with Gasteiger partial charge in [0.25, 0.3) is 0 Å². The Balaban J connectivity index is 2.02. The number of piperidine rings is 1. The topological polar surface area (TPSA) is 55.0 Å². The SMILES string of the molecule is Cc1nc(C(F)(F)F)ncc1CN1CCC[C@H](CCN)C1. The molecule has 21 heavy (non-hydrogen) atoms. The molecule has 1 atom stereocenters. The molecule has 0 bridgehead atoms. The molecule has 1 fully saturated rings. The lowest BCUT2D eigenvalue weighted by Gasteiger charge is -2.32. The first-order valence-electron chi connectivity index (χ1n) is 7.22. The molecule has 1 aliphatic rings. The number of nitrogens with two attached hydrogens (primary N) is 1. The van der Waals surface area contributed by atoms with Crippen molar-refractivity contribution in [3.63, 3.8) is 0 Å². The number of alkyl halides is 3. The van der Waals surface area contributed by atoms with Crippen LogP contribution in [0, 0.1) is 12.8 Å². The summed E-state index contributed by atoms with van der Waals surface area (Å²) in [5, 5.41) is 0. The molecule has 2 N–H and O–H groups in total. The van der Waals surface area contributed by atoms with Gasteiger partial charge in [-0.1, -0.05) is 0 Å². The lowest BCUT2D eigenvalue weighted by molar-refractivity contribution is -0.145. The largest absolute Gasteiger partial charge is 0.451 e. The van der Waals surface area contributed by atoms with E-state index in [9.17, 15) is 13.2 Å². The van der Waals surface area contributed by atoms with Gasteiger partial charge in [-0.15, -0.1) is 0 Å². The van der Waals surface area contributed by atoms with Crippen molar-refractivity contribution in [1.29, 1.82) is 0 Å². The fraction of sp³-hybridized carbons (Fsp3) is 0.714. The summed E-state index contributed by atoms with van der Waals surface area (Å²) in [4.78, 5) is 9.28. The quantitative estimate of drug-likeness (QED) is 0.927. The van der Waals surface area contributed by atoms with Crippen molar-refractivity contribution in [3.8, 4) is 0 Å². The smallest absolute Gasteiger partial charge is 0.330 e. The molecule has 2 heterocycles. The fourth-order valence-electron chi connectivity index (χ4n) is 2.79. The van der Waals surface area contributed by atoms with Gasteiger partial charge in [-0.2, -0.15) is 13.2 Å². The molecule has 0 amide bonds. The first kappa shape index (κ1) is 16.2. The van der Waals surface area contributed by atoms with Gasteiger partial charge in [0.05, 0.1) is 0 Å². The molecule has 4 nitrogen and oxygen atoms in total. The molecular formula is C14H21F3N4. The van der Waals surface area contributed by atoms with Crippen LogP contribution in [0.5, 0.6) is 0 Å². The summed E-state index contributed by atoms with van der Waals surface area (Å²) < 4.78 is 37.6. The number of aryl methyl sites for hydroxylation is 1. The van der Waals surface area contributed by atoms with Crippen LogP contribution in [0.3, 0.4) is 0 Å². The molecular weight excluding hydrogens is 281 g/mol. The molecule has 0 unspecified atom stereocenters. The van der Waals surface area contributed by atoms with E-state index in [0.717, 1.165) is 31.5 Å². The number of aromatic nitrogens is 2. The maximum atomic E-state index is 12.5. The second-order valence-corrected chi connectivity index (χ2v) is 5.62. The predicted molar refractivity (Wildman–Crippen MR) is 73.4 cm³/mol. The molecule has 0 saturated carbocycles. The van der Waals surface area contributed by atoms with E-state index in [2.05, 4.69) is 14.9 Å². The van der Waals surface area contributed by atoms with Crippen molar-refractivity contribution in [2.24, 2.45) is 11.7 Å². The van der Waals surface area contributed by atoms with E-state index in [1.165, 1.54) is 12.6 Å². The summed E-state index contributed by atoms with van der Waals surface area (Å²) in [7, 11) is 0. The summed E-state index contributed by atoms with van der Waals surface area (Å²) in [5.41, 5.74) is 6.76. The van der Waals surface area contributed by atoms with E-state index in [0.29, 0.717) is 24.7 Å². The van der Waals surface area contributed by atoms with Crippen LogP contribution in [0.2, 0.25) is 0 Å². The molecule has 1 aromatic heterocycles. The lowest BCUT2D eigenvalue weighted by atomic mass is 9.94. The molecule has 0 spiro atoms. The number of likely N-dealkylation sites (tertiary alicyclic amines) is 1. The second kappa shape index (κ2) is 6.70. The van der Waals surface area contributed by atoms with Crippen LogP contribution in [-0.4, -0.2) is 34.5 Å². The minimum atomic E-state index is -4.49. The fourth-order valence-corrected chi connectivity index (χ4v) is 2.79. The Morgan fingerprint density at radius 3 is 2.81 bits per heavy atom. The molecule has 0 aromatic carbocycles. The van der Waals surface area contributed by atoms with Crippen LogP contribution < -0.4 is 5.73 Å². The van der Waals surface area contributed by atoms with Gasteiger partial charge in [0.15, 0.2) is 0 Å². The first-order valence-corrected chi connectivity index (χ1v) is 7.22. The number of rotatable bonds is 4. The average Bonchev–Trinajstić information content (AvgIpc) is 2.41. The van der Waals surface area contributed by atoms with Gasteiger partial charge >= 0.3 is 6.18 Å². The Bertz CT molecular complexity index is 474. The molecule has 1 aromatic rings. The number of nitrogens with zero attached hydrogens (tertiary/aromatic N) is 3. The van der Waals surface area contributed by atoms with Crippen LogP contribution >= 0.6 is 0 Å². The van der Waals surface area contributed by atoms with Crippen molar-refractivity contribution in [3.05, 3.63) is 23.3 Å². The molecule has 118 valence electrons. The lowest BCUT2D eigenvalue weighted by Crippen LogP contribution is -2.36. The van der Waals surface area contributed by atoms with Gasteiger partial charge in [-0.05, 0) is 45.2 Å². The Hall–Kier alpha value is -1.21. The van der Waals surface area contributed by atoms with Gasteiger partial charge < -0.3 is 5.73 Å². The zero-order valence-corrected chi connectivity index (χ0v) is 12.2. The standard InChI is InChI=1S/C14H21F3N4/c1-10-12(7-19-13(20-10)14(15,16)17)9-21-6-2-3-11(8-21)4-5-18/h7,11H,2-6,8-9,18H2,1H3/t11-/m1/s1. The number of hydrogen-bond acceptors (Lipinski definition) is 4. The first-order chi connectivity index (χ1) is 9.90. The zero-order chi connectivity index (χ0) is 15.5. The number of hydrogen-bond donors (Lipinski definition) is 1. The van der Waals surface area contributed by atoms with Crippen LogP contribution in [0.4, 0.5) is 13.2 Å². The Morgan fingerprint density at radius 1 is 1.43 bits per heavy atom. The summed E-state index contributed by atoms with van der Waals surface area (Å²) in [5.74, 6) is -0.483. The highest BCUT2D eigenvalue weighted by atomic mass is 19.4. The van der Waals surface area contributed by atoms with Crippen LogP contribution in [0.1, 0.15) is 36.3 Å². The molecule has 1 aliphatic heterocycles. The molecule has 0 radical (unpaired) electrons. The summed E-state index contributed by atoms with van der Waals surface area (Å²) in [6.45, 7) is 4.79. The van der Waals surface area contributed by atoms with Crippen molar-refractivity contribution in [1.82, 2.24) is 14.9 Å². The highest BCUT2D eigenvalue weighted by molar-refractivity contribution is 5.17. The van der Waals surface area contributed by atoms with E-state index in [-0.39, 0.29) is 0 Å². The van der Waals surface area contributed by atoms with Gasteiger partial charge in [-0.25, -0.2) is 9.97 Å². The van der Waals surface area contributed by atoms with E-state index >= 15 is 0 Å². The third-order valence-electron chi connectivity index (χ3n) is 3.91. The molecule has 0 aliphatic carbocycles. The van der Waals surface area contributed by atoms with Crippen molar-refractivity contribution >= 4 is 0 Å². The maximum absolute atomic E-state index is 12.5. The van der Waals surface area contributed by atoms with Gasteiger partial charge in [0.1, 0.15) is 0 Å². The third-order valence-corrected chi connectivity index (χ3v) is 3.91. The second-order valence-electron chi connectivity index (χ2n) is 5.62. The third kappa shape index (κ3) is 4.38. The minimum absolute atomic E-state index is 0.401. The molecule has 1 saturated heterocycles. The van der Waals surface area contributed by atoms with Gasteiger partial charge in [0, 0.05) is 30.5 Å². The summed E-state index contributed by atoms with van der Waals surface area (Å²) >= 11 is 0. The predicted octanol–water partition coefficient (Wildman–Crippen LogP) is 2.36. The number of halogens is 3. The molecule has 7 heteroatoms. The van der Waals surface area contributed by atoms with Crippen LogP contribution in [-0.2, 0) is 12.7 Å². The van der Waals surface area contributed by atoms with Crippen molar-refractivity contribution in [2.45, 2.75) is 38.9 Å². The molecule has 2 rings (SSSR count). The van der Waals surface area contributed by atoms with Gasteiger partial charge in [-0.3, -0.25) is 4.90 Å². The Morgan fingerprint density at radius 2 is 2.19 bits per heavy atom. The zero-order valence-electron chi connectivity index (χ0n) is 12.2. The Labute approximate surface area is 122 Å². The van der Waals surface area contributed by atoms with Crippen LogP contribution in [0.25, 0.3) is 0 Å². The van der Waals surface area contributed by atoms with E-state index in [4.69, 9.17) is 5.73 Å². The average molecular weight is 302 g/mol. The Kier molecular flexibility index (Phi) is 5.16. The van der Waals surface area contributed by atoms with E-state index in [1.54, 1.807) is 6.92 Å². The highest BCUT2D eigenvalue weighted by Crippen LogP contribution is 2.27. The van der Waals surface area contributed by atoms with Crippen molar-refractivity contribution < 1.29 is 13.2 Å². The summed E-state index contributed by atoms with van der Waals surface area (Å²) in [6, 6.07) is 0. The maximum Gasteiger partial charge on any atom is 0.451 e. The summed E-state index contributed by atoms with van der Waals surface area (Å²) in [6.07, 6.45) is 0.0960. The van der Waals surface area contributed by atoms with Crippen LogP contribution in [0.15, 0.2) is 6.20 Å². The van der Waals surface area contributed by atoms with Crippen molar-refractivity contribution in [2.75, 3.05) is 19.6 Å². The van der Waals surface area contributed by atoms with Gasteiger partial charge in [0.2, 0.25) is 5.82 Å². The monoisotopic (exact) mass is 302 g/mol.